The smallest absolute Gasteiger partial charge is 0.142 e. The van der Waals surface area contributed by atoms with Crippen LogP contribution in [0.2, 0.25) is 0 Å². The Kier molecular flexibility index (Phi) is 10.7. The van der Waals surface area contributed by atoms with E-state index in [0.717, 1.165) is 6.92 Å². The Bertz CT molecular complexity index is 591. The first-order valence-corrected chi connectivity index (χ1v) is 8.39. The van der Waals surface area contributed by atoms with Gasteiger partial charge in [-0.05, 0) is 19.8 Å². The molecule has 0 fully saturated rings. The predicted octanol–water partition coefficient (Wildman–Crippen LogP) is -0.845. The van der Waals surface area contributed by atoms with Gasteiger partial charge in [0.15, 0.2) is 0 Å². The molecule has 0 aromatic carbocycles. The average molecular weight is 380 g/mol. The minimum atomic E-state index is -2.21. The summed E-state index contributed by atoms with van der Waals surface area (Å²) in [6, 6.07) is 0. The van der Waals surface area contributed by atoms with Crippen LogP contribution in [0.4, 0.5) is 0 Å². The Morgan fingerprint density at radius 2 is 1.74 bits per heavy atom. The number of allylic oxidation sites excluding steroid dienone is 1. The number of ether oxygens (including phenoxy) is 1. The molecule has 150 valence electrons. The lowest BCUT2D eigenvalue weighted by molar-refractivity contribution is -0.318. The Hall–Kier alpha value is -2.61. The van der Waals surface area contributed by atoms with Crippen molar-refractivity contribution in [1.82, 2.24) is 0 Å². The van der Waals surface area contributed by atoms with E-state index in [2.05, 4.69) is 13.2 Å². The number of rotatable bonds is 16. The van der Waals surface area contributed by atoms with Gasteiger partial charge < -0.3 is 24.5 Å². The largest absolute Gasteiger partial charge is 0.549 e. The number of carboxylic acids is 2. The second kappa shape index (κ2) is 11.9. The number of hydrogen-bond donors (Lipinski definition) is 0. The molecule has 8 heteroatoms. The average Bonchev–Trinajstić information content (AvgIpc) is 2.57. The highest BCUT2D eigenvalue weighted by Crippen LogP contribution is 2.30. The molecule has 0 aliphatic heterocycles. The van der Waals surface area contributed by atoms with E-state index >= 15 is 0 Å². The summed E-state index contributed by atoms with van der Waals surface area (Å²) in [7, 11) is 0. The van der Waals surface area contributed by atoms with Crippen molar-refractivity contribution in [1.29, 1.82) is 0 Å². The van der Waals surface area contributed by atoms with E-state index in [4.69, 9.17) is 4.74 Å². The lowest BCUT2D eigenvalue weighted by Crippen LogP contribution is -2.50. The third kappa shape index (κ3) is 7.65. The number of carboxylic acid groups (broad SMARTS) is 2. The minimum Gasteiger partial charge on any atom is -0.549 e. The molecule has 0 radical (unpaired) electrons. The summed E-state index contributed by atoms with van der Waals surface area (Å²) in [5.74, 6) is -7.40. The van der Waals surface area contributed by atoms with Crippen molar-refractivity contribution in [3.05, 3.63) is 25.3 Å². The molecule has 0 aromatic rings. The maximum atomic E-state index is 12.4. The molecule has 0 amide bonds. The molecule has 2 atom stereocenters. The zero-order chi connectivity index (χ0) is 21.0. The van der Waals surface area contributed by atoms with Gasteiger partial charge in [0, 0.05) is 25.9 Å². The van der Waals surface area contributed by atoms with E-state index in [1.54, 1.807) is 0 Å². The second-order valence-corrected chi connectivity index (χ2v) is 6.12. The van der Waals surface area contributed by atoms with Gasteiger partial charge in [-0.1, -0.05) is 12.2 Å². The second-order valence-electron chi connectivity index (χ2n) is 6.12. The van der Waals surface area contributed by atoms with Gasteiger partial charge in [-0.3, -0.25) is 14.4 Å². The summed E-state index contributed by atoms with van der Waals surface area (Å²) in [4.78, 5) is 58.8. The van der Waals surface area contributed by atoms with Crippen LogP contribution in [-0.4, -0.2) is 42.5 Å². The highest BCUT2D eigenvalue weighted by molar-refractivity contribution is 6.07. The minimum absolute atomic E-state index is 0.0189. The molecule has 0 aliphatic carbocycles. The van der Waals surface area contributed by atoms with Gasteiger partial charge in [-0.2, -0.15) is 0 Å². The third-order valence-corrected chi connectivity index (χ3v) is 4.21. The number of aliphatic carboxylic acids is 2. The summed E-state index contributed by atoms with van der Waals surface area (Å²) in [6.07, 6.45) is 0.990. The number of carbonyl (C=O) groups excluding carboxylic acids is 5. The highest BCUT2D eigenvalue weighted by atomic mass is 16.5. The summed E-state index contributed by atoms with van der Waals surface area (Å²) in [5, 5.41) is 22.9. The molecular weight excluding hydrogens is 356 g/mol. The fraction of sp³-hybridized carbons (Fsp3) is 0.526. The molecule has 0 rings (SSSR count). The third-order valence-electron chi connectivity index (χ3n) is 4.21. The van der Waals surface area contributed by atoms with Gasteiger partial charge in [0.1, 0.15) is 17.3 Å². The lowest BCUT2D eigenvalue weighted by atomic mass is 9.74. The predicted molar refractivity (Wildman–Crippen MR) is 90.9 cm³/mol. The molecule has 0 spiro atoms. The topological polar surface area (TPSA) is 141 Å². The SMILES string of the molecule is C=CCOCCC(CC(=O)C(CCC(=O)CC=C)C(=O)[O-])(C(C)=O)C(=O)[O-]. The van der Waals surface area contributed by atoms with E-state index in [1.807, 2.05) is 0 Å². The number of carbonyl (C=O) groups is 5. The first kappa shape index (κ1) is 24.4. The van der Waals surface area contributed by atoms with E-state index in [-0.39, 0.29) is 44.7 Å². The first-order chi connectivity index (χ1) is 12.6. The van der Waals surface area contributed by atoms with Crippen LogP contribution in [0.25, 0.3) is 0 Å². The summed E-state index contributed by atoms with van der Waals surface area (Å²) < 4.78 is 5.08. The molecule has 0 aromatic heterocycles. The number of ketones is 3. The van der Waals surface area contributed by atoms with Crippen LogP contribution in [0.1, 0.15) is 39.0 Å². The van der Waals surface area contributed by atoms with Crippen LogP contribution in [0.5, 0.6) is 0 Å². The van der Waals surface area contributed by atoms with Crippen LogP contribution >= 0.6 is 0 Å². The monoisotopic (exact) mass is 380 g/mol. The van der Waals surface area contributed by atoms with E-state index in [0.29, 0.717) is 0 Å². The van der Waals surface area contributed by atoms with Crippen molar-refractivity contribution in [2.24, 2.45) is 11.3 Å². The van der Waals surface area contributed by atoms with Crippen molar-refractivity contribution < 1.29 is 38.9 Å². The molecule has 0 bridgehead atoms. The molecule has 0 saturated heterocycles. The van der Waals surface area contributed by atoms with Crippen LogP contribution in [0.15, 0.2) is 25.3 Å². The molecule has 0 saturated carbocycles. The maximum Gasteiger partial charge on any atom is 0.142 e. The van der Waals surface area contributed by atoms with Gasteiger partial charge in [-0.25, -0.2) is 0 Å². The lowest BCUT2D eigenvalue weighted by Gasteiger charge is -2.33. The molecular formula is C19H24O8-2. The Morgan fingerprint density at radius 1 is 1.11 bits per heavy atom. The van der Waals surface area contributed by atoms with Crippen LogP contribution in [0.3, 0.4) is 0 Å². The van der Waals surface area contributed by atoms with Crippen molar-refractivity contribution in [2.45, 2.75) is 39.0 Å². The zero-order valence-electron chi connectivity index (χ0n) is 15.4. The summed E-state index contributed by atoms with van der Waals surface area (Å²) in [5.41, 5.74) is -2.21. The highest BCUT2D eigenvalue weighted by Gasteiger charge is 2.40. The maximum absolute atomic E-state index is 12.4. The van der Waals surface area contributed by atoms with Gasteiger partial charge in [0.05, 0.1) is 29.9 Å². The van der Waals surface area contributed by atoms with Crippen molar-refractivity contribution in [2.75, 3.05) is 13.2 Å². The van der Waals surface area contributed by atoms with E-state index < -0.39 is 41.3 Å². The van der Waals surface area contributed by atoms with E-state index in [9.17, 15) is 34.2 Å². The Labute approximate surface area is 157 Å². The first-order valence-electron chi connectivity index (χ1n) is 8.39. The standard InChI is InChI=1S/C19H26O8/c1-4-6-14(21)7-8-15(17(23)24)16(22)12-19(13(3)20,18(25)26)9-11-27-10-5-2/h4-5,15H,1-2,6-12H2,3H3,(H,23,24)(H,25,26)/p-2. The number of Topliss-reactive ketones (excluding diaryl/α,β-unsaturated/α-hetero) is 3. The van der Waals surface area contributed by atoms with Crippen LogP contribution in [0, 0.1) is 11.3 Å². The van der Waals surface area contributed by atoms with Crippen LogP contribution in [-0.2, 0) is 28.7 Å². The van der Waals surface area contributed by atoms with Crippen molar-refractivity contribution in [3.8, 4) is 0 Å². The van der Waals surface area contributed by atoms with Crippen LogP contribution < -0.4 is 10.2 Å². The van der Waals surface area contributed by atoms with Crippen molar-refractivity contribution >= 4 is 29.3 Å². The summed E-state index contributed by atoms with van der Waals surface area (Å²) >= 11 is 0. The Morgan fingerprint density at radius 3 is 2.19 bits per heavy atom. The molecule has 0 aliphatic rings. The van der Waals surface area contributed by atoms with Gasteiger partial charge in [-0.15, -0.1) is 13.2 Å². The van der Waals surface area contributed by atoms with Gasteiger partial charge >= 0.3 is 0 Å². The van der Waals surface area contributed by atoms with E-state index in [1.165, 1.54) is 12.2 Å². The molecule has 0 N–H and O–H groups in total. The normalized spacial score (nSPS) is 13.8. The Balaban J connectivity index is 5.35. The summed E-state index contributed by atoms with van der Waals surface area (Å²) in [6.45, 7) is 7.74. The fourth-order valence-corrected chi connectivity index (χ4v) is 2.52. The van der Waals surface area contributed by atoms with Gasteiger partial charge in [0.2, 0.25) is 0 Å². The van der Waals surface area contributed by atoms with Gasteiger partial charge in [0.25, 0.3) is 0 Å². The molecule has 0 heterocycles. The van der Waals surface area contributed by atoms with Crippen molar-refractivity contribution in [3.63, 3.8) is 0 Å². The fourth-order valence-electron chi connectivity index (χ4n) is 2.52. The quantitative estimate of drug-likeness (QED) is 0.192. The molecule has 8 nitrogen and oxygen atoms in total. The molecule has 27 heavy (non-hydrogen) atoms. The molecule has 2 unspecified atom stereocenters. The number of hydrogen-bond acceptors (Lipinski definition) is 8. The zero-order valence-corrected chi connectivity index (χ0v) is 15.4.